The van der Waals surface area contributed by atoms with Gasteiger partial charge in [0.25, 0.3) is 5.91 Å². The smallest absolute Gasteiger partial charge is 0.256 e. The summed E-state index contributed by atoms with van der Waals surface area (Å²) in [6, 6.07) is 1.99. The van der Waals surface area contributed by atoms with Gasteiger partial charge >= 0.3 is 0 Å². The number of rotatable bonds is 2. The van der Waals surface area contributed by atoms with Crippen LogP contribution in [-0.2, 0) is 17.6 Å². The molecule has 2 aromatic rings. The maximum absolute atomic E-state index is 12.7. The van der Waals surface area contributed by atoms with Crippen molar-refractivity contribution in [1.29, 1.82) is 0 Å². The van der Waals surface area contributed by atoms with Crippen LogP contribution in [-0.4, -0.2) is 10.9 Å². The zero-order valence-electron chi connectivity index (χ0n) is 15.2. The Labute approximate surface area is 170 Å². The lowest BCUT2D eigenvalue weighted by Gasteiger charge is -2.14. The summed E-state index contributed by atoms with van der Waals surface area (Å²) in [7, 11) is 0. The Morgan fingerprint density at radius 2 is 1.88 bits per heavy atom. The van der Waals surface area contributed by atoms with Crippen LogP contribution in [0.3, 0.4) is 0 Å². The summed E-state index contributed by atoms with van der Waals surface area (Å²) in [6.45, 7) is 6.52. The SMILES string of the molecule is Cc1c(Br)cc(Br)c2c1C(=Cc1[nH]c3c(c1C(C)C)CCCC3)C(=O)N2. The van der Waals surface area contributed by atoms with Crippen molar-refractivity contribution in [3.8, 4) is 0 Å². The van der Waals surface area contributed by atoms with Crippen LogP contribution >= 0.6 is 31.9 Å². The minimum atomic E-state index is -0.0378. The number of nitrogens with one attached hydrogen (secondary N) is 2. The second-order valence-electron chi connectivity index (χ2n) is 7.50. The van der Waals surface area contributed by atoms with Crippen molar-refractivity contribution in [3.05, 3.63) is 48.7 Å². The van der Waals surface area contributed by atoms with Crippen LogP contribution in [0.25, 0.3) is 11.6 Å². The highest BCUT2D eigenvalue weighted by atomic mass is 79.9. The van der Waals surface area contributed by atoms with Gasteiger partial charge in [0.15, 0.2) is 0 Å². The Bertz CT molecular complexity index is 954. The molecule has 136 valence electrons. The van der Waals surface area contributed by atoms with E-state index in [1.807, 2.05) is 13.0 Å². The van der Waals surface area contributed by atoms with E-state index in [0.717, 1.165) is 49.9 Å². The van der Waals surface area contributed by atoms with E-state index in [4.69, 9.17) is 0 Å². The molecule has 1 amide bonds. The third-order valence-electron chi connectivity index (χ3n) is 5.46. The summed E-state index contributed by atoms with van der Waals surface area (Å²) in [4.78, 5) is 16.4. The Balaban J connectivity index is 1.92. The van der Waals surface area contributed by atoms with Crippen molar-refractivity contribution in [2.24, 2.45) is 0 Å². The number of anilines is 1. The van der Waals surface area contributed by atoms with Crippen molar-refractivity contribution < 1.29 is 4.79 Å². The molecule has 1 aromatic carbocycles. The van der Waals surface area contributed by atoms with Crippen LogP contribution in [0.2, 0.25) is 0 Å². The van der Waals surface area contributed by atoms with Gasteiger partial charge in [-0.05, 0) is 83.3 Å². The molecule has 2 N–H and O–H groups in total. The number of aryl methyl sites for hydroxylation is 1. The normalized spacial score (nSPS) is 17.6. The molecule has 0 fully saturated rings. The molecule has 26 heavy (non-hydrogen) atoms. The summed E-state index contributed by atoms with van der Waals surface area (Å²) >= 11 is 7.19. The van der Waals surface area contributed by atoms with Gasteiger partial charge in [0.1, 0.15) is 0 Å². The van der Waals surface area contributed by atoms with Crippen LogP contribution in [0.15, 0.2) is 15.0 Å². The van der Waals surface area contributed by atoms with E-state index in [2.05, 4.69) is 62.1 Å². The molecule has 3 nitrogen and oxygen atoms in total. The van der Waals surface area contributed by atoms with Gasteiger partial charge in [-0.3, -0.25) is 4.79 Å². The monoisotopic (exact) mass is 476 g/mol. The molecule has 0 atom stereocenters. The summed E-state index contributed by atoms with van der Waals surface area (Å²) in [5, 5.41) is 3.03. The molecule has 1 aromatic heterocycles. The number of aromatic nitrogens is 1. The van der Waals surface area contributed by atoms with Gasteiger partial charge in [-0.2, -0.15) is 0 Å². The van der Waals surface area contributed by atoms with Crippen molar-refractivity contribution in [2.45, 2.75) is 52.4 Å². The predicted octanol–water partition coefficient (Wildman–Crippen LogP) is 6.34. The van der Waals surface area contributed by atoms with Crippen molar-refractivity contribution >= 4 is 55.1 Å². The molecular formula is C21H22Br2N2O. The topological polar surface area (TPSA) is 44.9 Å². The number of aromatic amines is 1. The predicted molar refractivity (Wildman–Crippen MR) is 115 cm³/mol. The first-order chi connectivity index (χ1) is 12.4. The third-order valence-corrected chi connectivity index (χ3v) is 6.91. The van der Waals surface area contributed by atoms with E-state index in [0.29, 0.717) is 5.92 Å². The van der Waals surface area contributed by atoms with Gasteiger partial charge in [0, 0.05) is 25.9 Å². The Hall–Kier alpha value is -1.33. The number of halogens is 2. The Morgan fingerprint density at radius 1 is 1.15 bits per heavy atom. The molecule has 0 bridgehead atoms. The largest absolute Gasteiger partial charge is 0.358 e. The highest BCUT2D eigenvalue weighted by Crippen LogP contribution is 2.44. The summed E-state index contributed by atoms with van der Waals surface area (Å²) in [5.41, 5.74) is 8.97. The standard InChI is InChI=1S/C21H22Br2N2O/c1-10(2)18-12-6-4-5-7-16(12)24-17(18)8-13-19-11(3)14(22)9-15(23)20(19)25-21(13)26/h8-10,24H,4-7H2,1-3H3,(H,25,26). The molecule has 1 aliphatic carbocycles. The van der Waals surface area contributed by atoms with E-state index in [9.17, 15) is 4.79 Å². The molecule has 0 saturated heterocycles. The number of benzene rings is 1. The number of hydrogen-bond donors (Lipinski definition) is 2. The molecule has 4 rings (SSSR count). The first kappa shape index (κ1) is 18.1. The van der Waals surface area contributed by atoms with Gasteiger partial charge in [0.05, 0.1) is 11.3 Å². The Kier molecular flexibility index (Phi) is 4.64. The van der Waals surface area contributed by atoms with E-state index < -0.39 is 0 Å². The van der Waals surface area contributed by atoms with Crippen LogP contribution in [0.4, 0.5) is 5.69 Å². The van der Waals surface area contributed by atoms with Gasteiger partial charge in [-0.15, -0.1) is 0 Å². The van der Waals surface area contributed by atoms with Crippen LogP contribution in [0, 0.1) is 6.92 Å². The molecule has 0 spiro atoms. The van der Waals surface area contributed by atoms with E-state index in [1.165, 1.54) is 29.7 Å². The first-order valence-electron chi connectivity index (χ1n) is 9.14. The molecule has 0 unspecified atom stereocenters. The van der Waals surface area contributed by atoms with Gasteiger partial charge in [-0.1, -0.05) is 29.8 Å². The molecule has 2 heterocycles. The fourth-order valence-electron chi connectivity index (χ4n) is 4.26. The number of amides is 1. The fraction of sp³-hybridized carbons (Fsp3) is 0.381. The maximum Gasteiger partial charge on any atom is 0.256 e. The number of H-pyrrole nitrogens is 1. The van der Waals surface area contributed by atoms with Gasteiger partial charge < -0.3 is 10.3 Å². The van der Waals surface area contributed by atoms with Crippen molar-refractivity contribution in [1.82, 2.24) is 4.98 Å². The molecule has 2 aliphatic rings. The summed E-state index contributed by atoms with van der Waals surface area (Å²) < 4.78 is 1.90. The average molecular weight is 478 g/mol. The highest BCUT2D eigenvalue weighted by Gasteiger charge is 2.30. The summed E-state index contributed by atoms with van der Waals surface area (Å²) in [5.74, 6) is 0.392. The average Bonchev–Trinajstić information content (AvgIpc) is 3.11. The van der Waals surface area contributed by atoms with Crippen molar-refractivity contribution in [2.75, 3.05) is 5.32 Å². The number of hydrogen-bond acceptors (Lipinski definition) is 1. The van der Waals surface area contributed by atoms with Crippen LogP contribution < -0.4 is 5.32 Å². The van der Waals surface area contributed by atoms with E-state index in [1.54, 1.807) is 0 Å². The lowest BCUT2D eigenvalue weighted by Crippen LogP contribution is -2.04. The van der Waals surface area contributed by atoms with E-state index >= 15 is 0 Å². The second kappa shape index (κ2) is 6.68. The maximum atomic E-state index is 12.7. The zero-order chi connectivity index (χ0) is 18.6. The second-order valence-corrected chi connectivity index (χ2v) is 9.21. The minimum Gasteiger partial charge on any atom is -0.358 e. The highest BCUT2D eigenvalue weighted by molar-refractivity contribution is 9.11. The lowest BCUT2D eigenvalue weighted by atomic mass is 9.89. The molecule has 1 aliphatic heterocycles. The lowest BCUT2D eigenvalue weighted by molar-refractivity contribution is -0.110. The number of carbonyl (C=O) groups excluding carboxylic acids is 1. The zero-order valence-corrected chi connectivity index (χ0v) is 18.4. The molecule has 5 heteroatoms. The third kappa shape index (κ3) is 2.80. The minimum absolute atomic E-state index is 0.0378. The van der Waals surface area contributed by atoms with Gasteiger partial charge in [0.2, 0.25) is 0 Å². The van der Waals surface area contributed by atoms with Crippen LogP contribution in [0.5, 0.6) is 0 Å². The van der Waals surface area contributed by atoms with E-state index in [-0.39, 0.29) is 5.91 Å². The molecular weight excluding hydrogens is 456 g/mol. The summed E-state index contributed by atoms with van der Waals surface area (Å²) in [6.07, 6.45) is 6.80. The quantitative estimate of drug-likeness (QED) is 0.486. The van der Waals surface area contributed by atoms with Gasteiger partial charge in [-0.25, -0.2) is 0 Å². The number of fused-ring (bicyclic) bond motifs is 2. The Morgan fingerprint density at radius 3 is 2.62 bits per heavy atom. The van der Waals surface area contributed by atoms with Crippen LogP contribution in [0.1, 0.15) is 66.2 Å². The van der Waals surface area contributed by atoms with Crippen molar-refractivity contribution in [3.63, 3.8) is 0 Å². The fourth-order valence-corrected chi connectivity index (χ4v) is 5.52. The number of carbonyl (C=O) groups is 1. The first-order valence-corrected chi connectivity index (χ1v) is 10.7. The molecule has 0 saturated carbocycles. The molecule has 0 radical (unpaired) electrons.